The number of aromatic amines is 1. The molecular weight excluding hydrogens is 230 g/mol. The van der Waals surface area contributed by atoms with E-state index in [4.69, 9.17) is 12.2 Å². The van der Waals surface area contributed by atoms with Gasteiger partial charge in [0, 0.05) is 30.5 Å². The summed E-state index contributed by atoms with van der Waals surface area (Å²) in [6, 6.07) is 1.35. The first kappa shape index (κ1) is 12.8. The third-order valence-corrected chi connectivity index (χ3v) is 4.10. The molecule has 1 aliphatic carbocycles. The maximum absolute atomic E-state index is 5.37. The molecule has 0 bridgehead atoms. The van der Waals surface area contributed by atoms with Gasteiger partial charge in [0.2, 0.25) is 0 Å². The lowest BCUT2D eigenvalue weighted by molar-refractivity contribution is 0.223. The van der Waals surface area contributed by atoms with Crippen molar-refractivity contribution in [1.29, 1.82) is 0 Å². The number of hydrogen-bond acceptors (Lipinski definition) is 2. The van der Waals surface area contributed by atoms with E-state index in [9.17, 15) is 0 Å². The van der Waals surface area contributed by atoms with Gasteiger partial charge in [0.1, 0.15) is 0 Å². The highest BCUT2D eigenvalue weighted by Gasteiger charge is 2.29. The first-order chi connectivity index (χ1) is 8.00. The molecule has 1 aromatic heterocycles. The predicted octanol–water partition coefficient (Wildman–Crippen LogP) is 3.15. The Labute approximate surface area is 109 Å². The van der Waals surface area contributed by atoms with Crippen LogP contribution in [0.3, 0.4) is 0 Å². The molecule has 4 heteroatoms. The van der Waals surface area contributed by atoms with Crippen LogP contribution in [0.25, 0.3) is 0 Å². The summed E-state index contributed by atoms with van der Waals surface area (Å²) in [6.45, 7) is 7.70. The van der Waals surface area contributed by atoms with Crippen LogP contribution in [-0.2, 0) is 6.54 Å². The van der Waals surface area contributed by atoms with Gasteiger partial charge in [0.25, 0.3) is 0 Å². The number of H-pyrrole nitrogens is 1. The second kappa shape index (κ2) is 4.94. The molecule has 1 unspecified atom stereocenters. The molecule has 0 saturated heterocycles. The van der Waals surface area contributed by atoms with Crippen LogP contribution in [0.2, 0.25) is 0 Å². The van der Waals surface area contributed by atoms with Crippen LogP contribution >= 0.6 is 12.2 Å². The molecule has 2 rings (SSSR count). The van der Waals surface area contributed by atoms with Crippen molar-refractivity contribution in [3.63, 3.8) is 0 Å². The largest absolute Gasteiger partial charge is 0.337 e. The fraction of sp³-hybridized carbons (Fsp3) is 0.769. The maximum atomic E-state index is 5.37. The first-order valence-electron chi connectivity index (χ1n) is 6.50. The second-order valence-corrected chi connectivity index (χ2v) is 5.92. The molecule has 1 aromatic rings. The maximum Gasteiger partial charge on any atom is 0.177 e. The summed E-state index contributed by atoms with van der Waals surface area (Å²) in [4.78, 5) is 5.65. The zero-order chi connectivity index (χ0) is 12.6. The van der Waals surface area contributed by atoms with Gasteiger partial charge in [0.05, 0.1) is 0 Å². The van der Waals surface area contributed by atoms with E-state index in [0.717, 1.165) is 17.4 Å². The van der Waals surface area contributed by atoms with Crippen molar-refractivity contribution in [2.24, 2.45) is 0 Å². The van der Waals surface area contributed by atoms with Crippen LogP contribution in [0.5, 0.6) is 0 Å². The van der Waals surface area contributed by atoms with Crippen LogP contribution in [0.1, 0.15) is 45.2 Å². The van der Waals surface area contributed by atoms with Crippen molar-refractivity contribution in [3.05, 3.63) is 16.7 Å². The molecule has 3 nitrogen and oxygen atoms in total. The average Bonchev–Trinajstić information content (AvgIpc) is 3.04. The lowest BCUT2D eigenvalue weighted by Gasteiger charge is -2.26. The van der Waals surface area contributed by atoms with Crippen molar-refractivity contribution in [3.8, 4) is 0 Å². The van der Waals surface area contributed by atoms with Gasteiger partial charge in [-0.05, 0) is 44.9 Å². The van der Waals surface area contributed by atoms with Gasteiger partial charge in [-0.3, -0.25) is 4.90 Å². The van der Waals surface area contributed by atoms with E-state index >= 15 is 0 Å². The molecule has 0 amide bonds. The normalized spacial score (nSPS) is 18.0. The Morgan fingerprint density at radius 3 is 2.65 bits per heavy atom. The summed E-state index contributed by atoms with van der Waals surface area (Å²) in [5.41, 5.74) is 1.31. The van der Waals surface area contributed by atoms with E-state index in [1.807, 2.05) is 0 Å². The molecule has 1 N–H and O–H groups in total. The van der Waals surface area contributed by atoms with Gasteiger partial charge in [0.15, 0.2) is 4.77 Å². The predicted molar refractivity (Wildman–Crippen MR) is 74.0 cm³/mol. The zero-order valence-corrected chi connectivity index (χ0v) is 12.0. The molecule has 96 valence electrons. The van der Waals surface area contributed by atoms with Gasteiger partial charge in [-0.1, -0.05) is 13.8 Å². The fourth-order valence-electron chi connectivity index (χ4n) is 2.31. The Morgan fingerprint density at radius 1 is 1.47 bits per heavy atom. The van der Waals surface area contributed by atoms with E-state index in [1.165, 1.54) is 18.5 Å². The van der Waals surface area contributed by atoms with Crippen LogP contribution in [0.15, 0.2) is 6.20 Å². The minimum Gasteiger partial charge on any atom is -0.337 e. The Bertz CT molecular complexity index is 428. The highest BCUT2D eigenvalue weighted by atomic mass is 32.1. The number of rotatable bonds is 5. The zero-order valence-electron chi connectivity index (χ0n) is 11.2. The van der Waals surface area contributed by atoms with Gasteiger partial charge < -0.3 is 9.55 Å². The molecule has 17 heavy (non-hydrogen) atoms. The van der Waals surface area contributed by atoms with Gasteiger partial charge in [-0.2, -0.15) is 0 Å². The Balaban J connectivity index is 2.11. The summed E-state index contributed by atoms with van der Waals surface area (Å²) in [7, 11) is 2.23. The number of nitrogens with one attached hydrogen (secondary N) is 1. The molecule has 1 heterocycles. The van der Waals surface area contributed by atoms with E-state index in [2.05, 4.69) is 48.5 Å². The van der Waals surface area contributed by atoms with Crippen molar-refractivity contribution in [1.82, 2.24) is 14.5 Å². The molecule has 0 aliphatic heterocycles. The Hall–Kier alpha value is -0.610. The SMILES string of the molecule is CC(C)c1c[nH]c(=S)n1CC(C)N(C)C1CC1. The third kappa shape index (κ3) is 2.80. The smallest absolute Gasteiger partial charge is 0.177 e. The average molecular weight is 253 g/mol. The van der Waals surface area contributed by atoms with E-state index in [-0.39, 0.29) is 0 Å². The lowest BCUT2D eigenvalue weighted by atomic mass is 10.1. The summed E-state index contributed by atoms with van der Waals surface area (Å²) < 4.78 is 3.11. The minimum absolute atomic E-state index is 0.515. The van der Waals surface area contributed by atoms with E-state index < -0.39 is 0 Å². The molecule has 1 atom stereocenters. The van der Waals surface area contributed by atoms with Gasteiger partial charge in [-0.25, -0.2) is 0 Å². The quantitative estimate of drug-likeness (QED) is 0.815. The van der Waals surface area contributed by atoms with Crippen molar-refractivity contribution in [2.45, 2.75) is 58.2 Å². The fourth-order valence-corrected chi connectivity index (χ4v) is 2.55. The molecule has 1 saturated carbocycles. The highest BCUT2D eigenvalue weighted by molar-refractivity contribution is 7.71. The third-order valence-electron chi connectivity index (χ3n) is 3.76. The number of nitrogens with zero attached hydrogens (tertiary/aromatic N) is 2. The molecule has 0 spiro atoms. The van der Waals surface area contributed by atoms with Crippen molar-refractivity contribution in [2.75, 3.05) is 7.05 Å². The molecule has 0 aromatic carbocycles. The Kier molecular flexibility index (Phi) is 3.73. The molecule has 1 fully saturated rings. The van der Waals surface area contributed by atoms with Crippen LogP contribution < -0.4 is 0 Å². The second-order valence-electron chi connectivity index (χ2n) is 5.53. The van der Waals surface area contributed by atoms with Crippen LogP contribution in [0, 0.1) is 4.77 Å². The number of hydrogen-bond donors (Lipinski definition) is 1. The van der Waals surface area contributed by atoms with Gasteiger partial charge >= 0.3 is 0 Å². The topological polar surface area (TPSA) is 24.0 Å². The lowest BCUT2D eigenvalue weighted by Crippen LogP contribution is -2.35. The highest BCUT2D eigenvalue weighted by Crippen LogP contribution is 2.27. The first-order valence-corrected chi connectivity index (χ1v) is 6.91. The van der Waals surface area contributed by atoms with E-state index in [0.29, 0.717) is 12.0 Å². The minimum atomic E-state index is 0.515. The summed E-state index contributed by atoms with van der Waals surface area (Å²) in [5, 5.41) is 0. The number of aromatic nitrogens is 2. The number of imidazole rings is 1. The summed E-state index contributed by atoms with van der Waals surface area (Å²) >= 11 is 5.37. The standard InChI is InChI=1S/C13H23N3S/c1-9(2)12-7-14-13(17)16(12)8-10(3)15(4)11-5-6-11/h7,9-11H,5-6,8H2,1-4H3,(H,14,17). The van der Waals surface area contributed by atoms with Crippen molar-refractivity contribution >= 4 is 12.2 Å². The summed E-state index contributed by atoms with van der Waals surface area (Å²) in [6.07, 6.45) is 4.77. The summed E-state index contributed by atoms with van der Waals surface area (Å²) in [5.74, 6) is 0.515. The van der Waals surface area contributed by atoms with Crippen molar-refractivity contribution < 1.29 is 0 Å². The Morgan fingerprint density at radius 2 is 2.12 bits per heavy atom. The molecule has 1 aliphatic rings. The molecule has 0 radical (unpaired) electrons. The monoisotopic (exact) mass is 253 g/mol. The van der Waals surface area contributed by atoms with E-state index in [1.54, 1.807) is 0 Å². The molecular formula is C13H23N3S. The number of likely N-dealkylation sites (N-methyl/N-ethyl adjacent to an activating group) is 1. The van der Waals surface area contributed by atoms with Crippen LogP contribution in [0.4, 0.5) is 0 Å². The van der Waals surface area contributed by atoms with Gasteiger partial charge in [-0.15, -0.1) is 0 Å². The van der Waals surface area contributed by atoms with Crippen LogP contribution in [-0.4, -0.2) is 33.6 Å².